The minimum Gasteiger partial charge on any atom is -0.497 e. The highest BCUT2D eigenvalue weighted by Gasteiger charge is 2.20. The number of hydrogen-bond donors (Lipinski definition) is 1. The lowest BCUT2D eigenvalue weighted by Gasteiger charge is -2.24. The summed E-state index contributed by atoms with van der Waals surface area (Å²) >= 11 is 0. The lowest BCUT2D eigenvalue weighted by molar-refractivity contribution is -0.115. The largest absolute Gasteiger partial charge is 0.497 e. The Balaban J connectivity index is 1.61. The van der Waals surface area contributed by atoms with E-state index in [1.54, 1.807) is 48.4 Å². The molecule has 0 aliphatic rings. The first-order valence-corrected chi connectivity index (χ1v) is 11.2. The van der Waals surface area contributed by atoms with Crippen molar-refractivity contribution in [1.82, 2.24) is 0 Å². The average Bonchev–Trinajstić information content (AvgIpc) is 2.88. The van der Waals surface area contributed by atoms with Crippen molar-refractivity contribution >= 4 is 23.2 Å². The highest BCUT2D eigenvalue weighted by atomic mass is 19.1. The Hall–Kier alpha value is -4.45. The lowest BCUT2D eigenvalue weighted by atomic mass is 10.1. The maximum absolute atomic E-state index is 13.6. The molecule has 0 aliphatic carbocycles. The van der Waals surface area contributed by atoms with E-state index in [0.717, 1.165) is 16.8 Å². The second-order valence-electron chi connectivity index (χ2n) is 8.01. The van der Waals surface area contributed by atoms with E-state index in [-0.39, 0.29) is 30.6 Å². The summed E-state index contributed by atoms with van der Waals surface area (Å²) in [5, 5.41) is 2.88. The number of nitrogens with one attached hydrogen (secondary N) is 1. The van der Waals surface area contributed by atoms with Crippen LogP contribution in [0.5, 0.6) is 5.75 Å². The second kappa shape index (κ2) is 11.1. The summed E-state index contributed by atoms with van der Waals surface area (Å²) < 4.78 is 18.7. The predicted octanol–water partition coefficient (Wildman–Crippen LogP) is 5.86. The zero-order valence-electron chi connectivity index (χ0n) is 19.3. The molecule has 0 heterocycles. The average molecular weight is 469 g/mol. The quantitative estimate of drug-likeness (QED) is 0.352. The number of ether oxygens (including phenoxy) is 1. The number of halogens is 1. The van der Waals surface area contributed by atoms with Crippen LogP contribution >= 0.6 is 0 Å². The maximum atomic E-state index is 13.6. The summed E-state index contributed by atoms with van der Waals surface area (Å²) in [6.07, 6.45) is 0.153. The fourth-order valence-corrected chi connectivity index (χ4v) is 3.71. The minimum absolute atomic E-state index is 0.153. The van der Waals surface area contributed by atoms with Gasteiger partial charge in [-0.1, -0.05) is 48.5 Å². The molecule has 0 atom stereocenters. The molecule has 4 aromatic rings. The standard InChI is InChI=1S/C29H25FN2O3/c1-35-27-12-6-8-23(19-27)29(34)32(20-21-13-15-24(30)16-14-21)26-11-5-7-22(17-26)18-28(33)31-25-9-3-2-4-10-25/h2-17,19H,18,20H2,1H3,(H,31,33). The van der Waals surface area contributed by atoms with Gasteiger partial charge in [-0.3, -0.25) is 9.59 Å². The Labute approximate surface area is 203 Å². The molecule has 0 radical (unpaired) electrons. The van der Waals surface area contributed by atoms with Crippen LogP contribution in [0.3, 0.4) is 0 Å². The van der Waals surface area contributed by atoms with Crippen molar-refractivity contribution in [1.29, 1.82) is 0 Å². The summed E-state index contributed by atoms with van der Waals surface area (Å²) in [4.78, 5) is 27.8. The van der Waals surface area contributed by atoms with Crippen LogP contribution in [0.25, 0.3) is 0 Å². The van der Waals surface area contributed by atoms with Gasteiger partial charge >= 0.3 is 0 Å². The maximum Gasteiger partial charge on any atom is 0.258 e. The first kappa shape index (κ1) is 23.7. The van der Waals surface area contributed by atoms with Crippen LogP contribution in [0.2, 0.25) is 0 Å². The molecule has 4 rings (SSSR count). The van der Waals surface area contributed by atoms with Crippen LogP contribution in [0, 0.1) is 5.82 Å². The third kappa shape index (κ3) is 6.32. The molecule has 35 heavy (non-hydrogen) atoms. The molecule has 0 saturated carbocycles. The Bertz CT molecular complexity index is 1310. The number of carbonyl (C=O) groups excluding carboxylic acids is 2. The van der Waals surface area contributed by atoms with E-state index in [2.05, 4.69) is 5.32 Å². The van der Waals surface area contributed by atoms with E-state index in [0.29, 0.717) is 17.0 Å². The van der Waals surface area contributed by atoms with Crippen molar-refractivity contribution in [3.8, 4) is 5.75 Å². The van der Waals surface area contributed by atoms with Gasteiger partial charge in [-0.05, 0) is 65.7 Å². The van der Waals surface area contributed by atoms with E-state index in [4.69, 9.17) is 4.74 Å². The number of methoxy groups -OCH3 is 1. The van der Waals surface area contributed by atoms with Crippen LogP contribution in [0.1, 0.15) is 21.5 Å². The van der Waals surface area contributed by atoms with Gasteiger partial charge in [-0.25, -0.2) is 4.39 Å². The van der Waals surface area contributed by atoms with Gasteiger partial charge in [0.1, 0.15) is 11.6 Å². The SMILES string of the molecule is COc1cccc(C(=O)N(Cc2ccc(F)cc2)c2cccc(CC(=O)Nc3ccccc3)c2)c1. The van der Waals surface area contributed by atoms with Crippen LogP contribution in [0.4, 0.5) is 15.8 Å². The Morgan fingerprint density at radius 2 is 1.57 bits per heavy atom. The van der Waals surface area contributed by atoms with Crippen molar-refractivity contribution in [3.05, 3.63) is 126 Å². The molecule has 0 spiro atoms. The van der Waals surface area contributed by atoms with E-state index in [1.807, 2.05) is 54.6 Å². The zero-order valence-corrected chi connectivity index (χ0v) is 19.3. The fourth-order valence-electron chi connectivity index (χ4n) is 3.71. The van der Waals surface area contributed by atoms with Crippen LogP contribution in [0.15, 0.2) is 103 Å². The molecule has 4 aromatic carbocycles. The van der Waals surface area contributed by atoms with Gasteiger partial charge in [0, 0.05) is 16.9 Å². The van der Waals surface area contributed by atoms with Gasteiger partial charge in [-0.15, -0.1) is 0 Å². The highest BCUT2D eigenvalue weighted by molar-refractivity contribution is 6.06. The van der Waals surface area contributed by atoms with Gasteiger partial charge < -0.3 is 15.0 Å². The number of hydrogen-bond acceptors (Lipinski definition) is 3. The molecule has 0 fully saturated rings. The molecule has 0 saturated heterocycles. The first-order valence-electron chi connectivity index (χ1n) is 11.2. The number of nitrogens with zero attached hydrogens (tertiary/aromatic N) is 1. The van der Waals surface area contributed by atoms with Crippen LogP contribution in [-0.4, -0.2) is 18.9 Å². The highest BCUT2D eigenvalue weighted by Crippen LogP contribution is 2.24. The lowest BCUT2D eigenvalue weighted by Crippen LogP contribution is -2.30. The van der Waals surface area contributed by atoms with Crippen molar-refractivity contribution in [2.24, 2.45) is 0 Å². The smallest absolute Gasteiger partial charge is 0.258 e. The Kier molecular flexibility index (Phi) is 7.53. The molecule has 0 aliphatic heterocycles. The summed E-state index contributed by atoms with van der Waals surface area (Å²) in [6, 6.07) is 29.5. The summed E-state index contributed by atoms with van der Waals surface area (Å²) in [7, 11) is 1.55. The van der Waals surface area contributed by atoms with Crippen LogP contribution < -0.4 is 15.0 Å². The normalized spacial score (nSPS) is 10.5. The molecule has 0 unspecified atom stereocenters. The molecular formula is C29H25FN2O3. The molecule has 2 amide bonds. The molecule has 5 nitrogen and oxygen atoms in total. The fraction of sp³-hybridized carbons (Fsp3) is 0.103. The zero-order chi connectivity index (χ0) is 24.6. The molecule has 6 heteroatoms. The number of rotatable bonds is 8. The number of para-hydroxylation sites is 1. The number of benzene rings is 4. The molecular weight excluding hydrogens is 443 g/mol. The van der Waals surface area contributed by atoms with Gasteiger partial charge in [0.25, 0.3) is 5.91 Å². The van der Waals surface area contributed by atoms with E-state index in [1.165, 1.54) is 12.1 Å². The molecule has 0 aromatic heterocycles. The molecule has 176 valence electrons. The second-order valence-corrected chi connectivity index (χ2v) is 8.01. The molecule has 0 bridgehead atoms. The monoisotopic (exact) mass is 468 g/mol. The summed E-state index contributed by atoms with van der Waals surface area (Å²) in [6.45, 7) is 0.232. The van der Waals surface area contributed by atoms with Crippen molar-refractivity contribution in [2.75, 3.05) is 17.3 Å². The Morgan fingerprint density at radius 1 is 0.829 bits per heavy atom. The van der Waals surface area contributed by atoms with Gasteiger partial charge in [0.2, 0.25) is 5.91 Å². The van der Waals surface area contributed by atoms with Crippen LogP contribution in [-0.2, 0) is 17.8 Å². The minimum atomic E-state index is -0.342. The van der Waals surface area contributed by atoms with E-state index in [9.17, 15) is 14.0 Å². The number of carbonyl (C=O) groups is 2. The summed E-state index contributed by atoms with van der Waals surface area (Å²) in [5.41, 5.74) is 3.35. The van der Waals surface area contributed by atoms with Crippen molar-refractivity contribution in [3.63, 3.8) is 0 Å². The van der Waals surface area contributed by atoms with Gasteiger partial charge in [0.05, 0.1) is 20.1 Å². The Morgan fingerprint density at radius 3 is 2.31 bits per heavy atom. The third-order valence-corrected chi connectivity index (χ3v) is 5.46. The van der Waals surface area contributed by atoms with Crippen molar-refractivity contribution in [2.45, 2.75) is 13.0 Å². The number of anilines is 2. The van der Waals surface area contributed by atoms with E-state index < -0.39 is 0 Å². The first-order chi connectivity index (χ1) is 17.0. The summed E-state index contributed by atoms with van der Waals surface area (Å²) in [5.74, 6) is -0.161. The topological polar surface area (TPSA) is 58.6 Å². The van der Waals surface area contributed by atoms with Gasteiger partial charge in [-0.2, -0.15) is 0 Å². The predicted molar refractivity (Wildman–Crippen MR) is 135 cm³/mol. The third-order valence-electron chi connectivity index (χ3n) is 5.46. The van der Waals surface area contributed by atoms with E-state index >= 15 is 0 Å². The van der Waals surface area contributed by atoms with Crippen molar-refractivity contribution < 1.29 is 18.7 Å². The molecule has 1 N–H and O–H groups in total. The number of amides is 2. The van der Waals surface area contributed by atoms with Gasteiger partial charge in [0.15, 0.2) is 0 Å².